The molecule has 1 aliphatic heterocycles. The van der Waals surface area contributed by atoms with Gasteiger partial charge in [-0.3, -0.25) is 4.79 Å². The lowest BCUT2D eigenvalue weighted by Crippen LogP contribution is -2.52. The highest BCUT2D eigenvalue weighted by molar-refractivity contribution is 7.89. The Kier molecular flexibility index (Phi) is 5.29. The maximum absolute atomic E-state index is 12.9. The van der Waals surface area contributed by atoms with Crippen LogP contribution in [0.25, 0.3) is 0 Å². The van der Waals surface area contributed by atoms with Crippen molar-refractivity contribution in [2.75, 3.05) is 26.2 Å². The first-order valence-corrected chi connectivity index (χ1v) is 10.3. The van der Waals surface area contributed by atoms with Gasteiger partial charge in [0.25, 0.3) is 0 Å². The summed E-state index contributed by atoms with van der Waals surface area (Å²) in [5.74, 6) is 0.236. The van der Waals surface area contributed by atoms with Crippen LogP contribution in [0.1, 0.15) is 30.4 Å². The second kappa shape index (κ2) is 7.30. The molecule has 3 rings (SSSR count). The van der Waals surface area contributed by atoms with Gasteiger partial charge in [0.05, 0.1) is 4.90 Å². The molecule has 5 nitrogen and oxygen atoms in total. The summed E-state index contributed by atoms with van der Waals surface area (Å²) in [5, 5.41) is 0. The van der Waals surface area contributed by atoms with Gasteiger partial charge in [0.1, 0.15) is 0 Å². The standard InChI is InChI=1S/C19H26N2O3S/c1-15-8-9-18(16(2)14-15)25(23,24)21-12-10-20(11-13-21)19(22)17-6-4-3-5-7-17/h3-4,8-9,14,17H,5-7,10-13H2,1-2H3. The summed E-state index contributed by atoms with van der Waals surface area (Å²) in [7, 11) is -3.50. The van der Waals surface area contributed by atoms with Crippen LogP contribution in [-0.4, -0.2) is 49.7 Å². The van der Waals surface area contributed by atoms with Crippen molar-refractivity contribution in [1.29, 1.82) is 0 Å². The molecule has 1 heterocycles. The Balaban J connectivity index is 1.67. The van der Waals surface area contributed by atoms with Gasteiger partial charge in [0.15, 0.2) is 0 Å². The fraction of sp³-hybridized carbons (Fsp3) is 0.526. The minimum Gasteiger partial charge on any atom is -0.340 e. The molecule has 136 valence electrons. The molecule has 1 aliphatic carbocycles. The highest BCUT2D eigenvalue weighted by Crippen LogP contribution is 2.24. The molecule has 1 aromatic rings. The van der Waals surface area contributed by atoms with Crippen LogP contribution in [0.5, 0.6) is 0 Å². The quantitative estimate of drug-likeness (QED) is 0.776. The summed E-state index contributed by atoms with van der Waals surface area (Å²) in [6.45, 7) is 5.46. The normalized spacial score (nSPS) is 22.2. The summed E-state index contributed by atoms with van der Waals surface area (Å²) in [6.07, 6.45) is 6.86. The van der Waals surface area contributed by atoms with Crippen LogP contribution in [0, 0.1) is 19.8 Å². The lowest BCUT2D eigenvalue weighted by Gasteiger charge is -2.36. The number of allylic oxidation sites excluding steroid dienone is 2. The molecule has 6 heteroatoms. The smallest absolute Gasteiger partial charge is 0.243 e. The number of carbonyl (C=O) groups excluding carboxylic acids is 1. The summed E-state index contributed by atoms with van der Waals surface area (Å²) >= 11 is 0. The first-order chi connectivity index (χ1) is 11.9. The summed E-state index contributed by atoms with van der Waals surface area (Å²) in [6, 6.07) is 5.41. The number of rotatable bonds is 3. The first kappa shape index (κ1) is 18.1. The summed E-state index contributed by atoms with van der Waals surface area (Å²) in [5.41, 5.74) is 1.82. The van der Waals surface area contributed by atoms with Gasteiger partial charge in [-0.05, 0) is 44.7 Å². The number of benzene rings is 1. The van der Waals surface area contributed by atoms with E-state index in [9.17, 15) is 13.2 Å². The highest BCUT2D eigenvalue weighted by atomic mass is 32.2. The van der Waals surface area contributed by atoms with Crippen LogP contribution in [0.2, 0.25) is 0 Å². The van der Waals surface area contributed by atoms with Crippen LogP contribution in [0.15, 0.2) is 35.2 Å². The molecule has 1 saturated heterocycles. The van der Waals surface area contributed by atoms with Gasteiger partial charge in [-0.2, -0.15) is 4.31 Å². The molecule has 1 fully saturated rings. The van der Waals surface area contributed by atoms with E-state index >= 15 is 0 Å². The van der Waals surface area contributed by atoms with Crippen molar-refractivity contribution < 1.29 is 13.2 Å². The molecular formula is C19H26N2O3S. The molecule has 25 heavy (non-hydrogen) atoms. The van der Waals surface area contributed by atoms with Crippen molar-refractivity contribution in [3.05, 3.63) is 41.5 Å². The molecule has 1 unspecified atom stereocenters. The summed E-state index contributed by atoms with van der Waals surface area (Å²) < 4.78 is 27.3. The Bertz CT molecular complexity index is 778. The van der Waals surface area contributed by atoms with Gasteiger partial charge in [-0.15, -0.1) is 0 Å². The molecule has 0 radical (unpaired) electrons. The van der Waals surface area contributed by atoms with Crippen molar-refractivity contribution in [2.24, 2.45) is 5.92 Å². The van der Waals surface area contributed by atoms with Crippen LogP contribution >= 0.6 is 0 Å². The fourth-order valence-corrected chi connectivity index (χ4v) is 5.28. The topological polar surface area (TPSA) is 57.7 Å². The van der Waals surface area contributed by atoms with Crippen molar-refractivity contribution in [2.45, 2.75) is 38.0 Å². The van der Waals surface area contributed by atoms with E-state index in [1.54, 1.807) is 6.07 Å². The molecule has 2 aliphatic rings. The second-order valence-corrected chi connectivity index (χ2v) is 8.89. The predicted octanol–water partition coefficient (Wildman–Crippen LogP) is 2.49. The molecule has 1 amide bonds. The fourth-order valence-electron chi connectivity index (χ4n) is 3.65. The lowest BCUT2D eigenvalue weighted by atomic mass is 9.93. The molecule has 0 aromatic heterocycles. The van der Waals surface area contributed by atoms with Gasteiger partial charge in [0.2, 0.25) is 15.9 Å². The lowest BCUT2D eigenvalue weighted by molar-refractivity contribution is -0.137. The van der Waals surface area contributed by atoms with Crippen molar-refractivity contribution in [3.63, 3.8) is 0 Å². The van der Waals surface area contributed by atoms with E-state index in [-0.39, 0.29) is 11.8 Å². The van der Waals surface area contributed by atoms with Crippen LogP contribution in [0.3, 0.4) is 0 Å². The van der Waals surface area contributed by atoms with E-state index < -0.39 is 10.0 Å². The van der Waals surface area contributed by atoms with Gasteiger partial charge >= 0.3 is 0 Å². The second-order valence-electron chi connectivity index (χ2n) is 6.98. The third-order valence-corrected chi connectivity index (χ3v) is 7.18. The third kappa shape index (κ3) is 3.80. The number of aryl methyl sites for hydroxylation is 2. The third-order valence-electron chi connectivity index (χ3n) is 5.12. The van der Waals surface area contributed by atoms with Crippen LogP contribution in [-0.2, 0) is 14.8 Å². The van der Waals surface area contributed by atoms with Gasteiger partial charge in [-0.1, -0.05) is 29.8 Å². The summed E-state index contributed by atoms with van der Waals surface area (Å²) in [4.78, 5) is 14.8. The Hall–Kier alpha value is -1.66. The van der Waals surface area contributed by atoms with E-state index in [2.05, 4.69) is 12.2 Å². The largest absolute Gasteiger partial charge is 0.340 e. The molecule has 0 saturated carbocycles. The zero-order valence-electron chi connectivity index (χ0n) is 14.9. The van der Waals surface area contributed by atoms with Crippen molar-refractivity contribution in [1.82, 2.24) is 9.21 Å². The maximum atomic E-state index is 12.9. The first-order valence-electron chi connectivity index (χ1n) is 8.91. The monoisotopic (exact) mass is 362 g/mol. The minimum atomic E-state index is -3.50. The average Bonchev–Trinajstić information content (AvgIpc) is 2.61. The van der Waals surface area contributed by atoms with Crippen LogP contribution < -0.4 is 0 Å². The van der Waals surface area contributed by atoms with Gasteiger partial charge in [0, 0.05) is 32.1 Å². The van der Waals surface area contributed by atoms with Crippen LogP contribution in [0.4, 0.5) is 0 Å². The molecule has 1 aromatic carbocycles. The number of piperazine rings is 1. The van der Waals surface area contributed by atoms with E-state index in [1.807, 2.05) is 30.9 Å². The number of sulfonamides is 1. The van der Waals surface area contributed by atoms with E-state index in [1.165, 1.54) is 4.31 Å². The molecule has 0 spiro atoms. The Morgan fingerprint density at radius 1 is 1.08 bits per heavy atom. The maximum Gasteiger partial charge on any atom is 0.243 e. The molecule has 1 atom stereocenters. The highest BCUT2D eigenvalue weighted by Gasteiger charge is 2.33. The number of nitrogens with zero attached hydrogens (tertiary/aromatic N) is 2. The zero-order valence-corrected chi connectivity index (χ0v) is 15.8. The number of hydrogen-bond acceptors (Lipinski definition) is 3. The van der Waals surface area contributed by atoms with Gasteiger partial charge in [-0.25, -0.2) is 8.42 Å². The molecule has 0 N–H and O–H groups in total. The number of hydrogen-bond donors (Lipinski definition) is 0. The van der Waals surface area contributed by atoms with E-state index in [0.29, 0.717) is 31.1 Å². The van der Waals surface area contributed by atoms with Crippen molar-refractivity contribution >= 4 is 15.9 Å². The zero-order chi connectivity index (χ0) is 18.0. The minimum absolute atomic E-state index is 0.0625. The Morgan fingerprint density at radius 3 is 2.40 bits per heavy atom. The predicted molar refractivity (Wildman–Crippen MR) is 97.7 cm³/mol. The molecular weight excluding hydrogens is 336 g/mol. The average molecular weight is 362 g/mol. The SMILES string of the molecule is Cc1ccc(S(=O)(=O)N2CCN(C(=O)C3CC=CCC3)CC2)c(C)c1. The van der Waals surface area contributed by atoms with Gasteiger partial charge < -0.3 is 4.90 Å². The van der Waals surface area contributed by atoms with E-state index in [0.717, 1.165) is 30.4 Å². The Labute approximate surface area is 150 Å². The van der Waals surface area contributed by atoms with E-state index in [4.69, 9.17) is 0 Å². The number of amides is 1. The van der Waals surface area contributed by atoms with Crippen molar-refractivity contribution in [3.8, 4) is 0 Å². The Morgan fingerprint density at radius 2 is 1.80 bits per heavy atom. The number of carbonyl (C=O) groups is 1. The molecule has 0 bridgehead atoms.